The molecule has 4 N–H and O–H groups in total. The molecular formula is C9H10Cl2F3N3O. The quantitative estimate of drug-likeness (QED) is 0.614. The van der Waals surface area contributed by atoms with Crippen molar-refractivity contribution in [3.05, 3.63) is 35.4 Å². The normalized spacial score (nSPS) is 9.72. The van der Waals surface area contributed by atoms with Gasteiger partial charge in [0.2, 0.25) is 0 Å². The van der Waals surface area contributed by atoms with Crippen LogP contribution in [0.5, 0.6) is 0 Å². The lowest BCUT2D eigenvalue weighted by Crippen LogP contribution is -2.24. The van der Waals surface area contributed by atoms with Gasteiger partial charge < -0.3 is 11.5 Å². The average molecular weight is 304 g/mol. The molecule has 102 valence electrons. The van der Waals surface area contributed by atoms with Gasteiger partial charge in [0.25, 0.3) is 5.91 Å². The maximum absolute atomic E-state index is 12.3. The molecule has 0 aromatic heterocycles. The van der Waals surface area contributed by atoms with Crippen molar-refractivity contribution in [1.29, 1.82) is 0 Å². The van der Waals surface area contributed by atoms with Crippen LogP contribution in [0.3, 0.4) is 0 Å². The SMILES string of the molecule is Cl.Cl.NC(N)=NC(=O)c1cccc(C(F)(F)F)c1. The molecule has 0 saturated carbocycles. The number of carbonyl (C=O) groups is 1. The number of guanidine groups is 1. The Kier molecular flexibility index (Phi) is 7.42. The molecule has 1 amide bonds. The van der Waals surface area contributed by atoms with Crippen molar-refractivity contribution < 1.29 is 18.0 Å². The Morgan fingerprint density at radius 2 is 1.72 bits per heavy atom. The number of halogens is 5. The van der Waals surface area contributed by atoms with Crippen LogP contribution < -0.4 is 11.5 Å². The van der Waals surface area contributed by atoms with Gasteiger partial charge in [-0.25, -0.2) is 0 Å². The molecule has 0 aliphatic heterocycles. The maximum Gasteiger partial charge on any atom is 0.416 e. The minimum atomic E-state index is -4.51. The van der Waals surface area contributed by atoms with E-state index in [-0.39, 0.29) is 30.4 Å². The van der Waals surface area contributed by atoms with E-state index in [4.69, 9.17) is 11.5 Å². The third-order valence-corrected chi connectivity index (χ3v) is 1.67. The Bertz CT molecular complexity index is 445. The molecule has 0 atom stereocenters. The van der Waals surface area contributed by atoms with E-state index in [9.17, 15) is 18.0 Å². The first-order valence-electron chi connectivity index (χ1n) is 4.12. The monoisotopic (exact) mass is 303 g/mol. The summed E-state index contributed by atoms with van der Waals surface area (Å²) in [5, 5.41) is 0. The van der Waals surface area contributed by atoms with Crippen LogP contribution in [0.25, 0.3) is 0 Å². The second-order valence-corrected chi connectivity index (χ2v) is 2.92. The van der Waals surface area contributed by atoms with E-state index >= 15 is 0 Å². The molecule has 0 fully saturated rings. The second-order valence-electron chi connectivity index (χ2n) is 2.92. The molecule has 1 aromatic carbocycles. The van der Waals surface area contributed by atoms with E-state index in [0.29, 0.717) is 6.07 Å². The van der Waals surface area contributed by atoms with Gasteiger partial charge in [0.1, 0.15) is 0 Å². The fourth-order valence-corrected chi connectivity index (χ4v) is 1.01. The van der Waals surface area contributed by atoms with Gasteiger partial charge >= 0.3 is 6.18 Å². The minimum absolute atomic E-state index is 0. The predicted octanol–water partition coefficient (Wildman–Crippen LogP) is 1.96. The Labute approximate surface area is 113 Å². The van der Waals surface area contributed by atoms with Crippen molar-refractivity contribution in [2.45, 2.75) is 6.18 Å². The first kappa shape index (κ1) is 18.9. The van der Waals surface area contributed by atoms with Crippen LogP contribution in [-0.4, -0.2) is 11.9 Å². The molecule has 0 bridgehead atoms. The number of benzene rings is 1. The Morgan fingerprint density at radius 3 is 2.17 bits per heavy atom. The van der Waals surface area contributed by atoms with Gasteiger partial charge in [-0.15, -0.1) is 24.8 Å². The summed E-state index contributed by atoms with van der Waals surface area (Å²) in [6, 6.07) is 3.85. The van der Waals surface area contributed by atoms with Crippen molar-refractivity contribution in [3.63, 3.8) is 0 Å². The summed E-state index contributed by atoms with van der Waals surface area (Å²) in [4.78, 5) is 14.4. The second kappa shape index (κ2) is 7.07. The van der Waals surface area contributed by atoms with Crippen molar-refractivity contribution in [2.24, 2.45) is 16.5 Å². The number of rotatable bonds is 1. The van der Waals surface area contributed by atoms with E-state index in [1.807, 2.05) is 0 Å². The number of alkyl halides is 3. The standard InChI is InChI=1S/C9H8F3N3O.2ClH/c10-9(11,12)6-3-1-2-5(4-6)7(16)15-8(13)14;;/h1-4H,(H4,13,14,15,16);2*1H. The molecule has 1 rings (SSSR count). The zero-order valence-electron chi connectivity index (χ0n) is 8.77. The number of carbonyl (C=O) groups excluding carboxylic acids is 1. The largest absolute Gasteiger partial charge is 0.416 e. The van der Waals surface area contributed by atoms with Gasteiger partial charge in [-0.05, 0) is 18.2 Å². The molecular weight excluding hydrogens is 294 g/mol. The Hall–Kier alpha value is -1.47. The zero-order chi connectivity index (χ0) is 12.3. The van der Waals surface area contributed by atoms with Crippen LogP contribution in [0.2, 0.25) is 0 Å². The highest BCUT2D eigenvalue weighted by molar-refractivity contribution is 6.01. The van der Waals surface area contributed by atoms with Gasteiger partial charge in [0.15, 0.2) is 5.96 Å². The van der Waals surface area contributed by atoms with E-state index in [1.165, 1.54) is 6.07 Å². The third-order valence-electron chi connectivity index (χ3n) is 1.67. The first-order valence-corrected chi connectivity index (χ1v) is 4.12. The summed E-state index contributed by atoms with van der Waals surface area (Å²) in [7, 11) is 0. The molecule has 0 aliphatic rings. The number of hydrogen-bond donors (Lipinski definition) is 2. The van der Waals surface area contributed by atoms with Crippen molar-refractivity contribution in [2.75, 3.05) is 0 Å². The fourth-order valence-electron chi connectivity index (χ4n) is 1.01. The van der Waals surface area contributed by atoms with Crippen LogP contribution in [0.1, 0.15) is 15.9 Å². The van der Waals surface area contributed by atoms with E-state index in [0.717, 1.165) is 12.1 Å². The van der Waals surface area contributed by atoms with Crippen LogP contribution in [-0.2, 0) is 6.18 Å². The lowest BCUT2D eigenvalue weighted by Gasteiger charge is -2.06. The van der Waals surface area contributed by atoms with Crippen LogP contribution >= 0.6 is 24.8 Å². The van der Waals surface area contributed by atoms with E-state index in [1.54, 1.807) is 0 Å². The number of aliphatic imine (C=N–C) groups is 1. The highest BCUT2D eigenvalue weighted by atomic mass is 35.5. The van der Waals surface area contributed by atoms with Crippen molar-refractivity contribution in [1.82, 2.24) is 0 Å². The summed E-state index contributed by atoms with van der Waals surface area (Å²) >= 11 is 0. The predicted molar refractivity (Wildman–Crippen MR) is 66.1 cm³/mol. The highest BCUT2D eigenvalue weighted by Gasteiger charge is 2.30. The lowest BCUT2D eigenvalue weighted by atomic mass is 10.1. The Balaban J connectivity index is 0. The third kappa shape index (κ3) is 5.24. The fraction of sp³-hybridized carbons (Fsp3) is 0.111. The number of nitrogens with zero attached hydrogens (tertiary/aromatic N) is 1. The summed E-state index contributed by atoms with van der Waals surface area (Å²) in [6.45, 7) is 0. The molecule has 0 unspecified atom stereocenters. The summed E-state index contributed by atoms with van der Waals surface area (Å²) in [5.41, 5.74) is 8.73. The smallest absolute Gasteiger partial charge is 0.370 e. The van der Waals surface area contributed by atoms with Gasteiger partial charge in [0.05, 0.1) is 5.56 Å². The van der Waals surface area contributed by atoms with Crippen LogP contribution in [0.15, 0.2) is 29.3 Å². The van der Waals surface area contributed by atoms with Gasteiger partial charge in [-0.1, -0.05) is 6.07 Å². The molecule has 18 heavy (non-hydrogen) atoms. The number of nitrogens with two attached hydrogens (primary N) is 2. The Morgan fingerprint density at radius 1 is 1.17 bits per heavy atom. The maximum atomic E-state index is 12.3. The van der Waals surface area contributed by atoms with Crippen molar-refractivity contribution in [3.8, 4) is 0 Å². The number of amides is 1. The topological polar surface area (TPSA) is 81.5 Å². The molecule has 9 heteroatoms. The molecule has 0 heterocycles. The van der Waals surface area contributed by atoms with Gasteiger partial charge in [-0.3, -0.25) is 4.79 Å². The minimum Gasteiger partial charge on any atom is -0.370 e. The highest BCUT2D eigenvalue weighted by Crippen LogP contribution is 2.29. The molecule has 4 nitrogen and oxygen atoms in total. The lowest BCUT2D eigenvalue weighted by molar-refractivity contribution is -0.137. The summed E-state index contributed by atoms with van der Waals surface area (Å²) < 4.78 is 36.9. The van der Waals surface area contributed by atoms with Gasteiger partial charge in [-0.2, -0.15) is 18.2 Å². The zero-order valence-corrected chi connectivity index (χ0v) is 10.4. The summed E-state index contributed by atoms with van der Waals surface area (Å²) in [5.74, 6) is -1.41. The van der Waals surface area contributed by atoms with Gasteiger partial charge in [0, 0.05) is 5.56 Å². The molecule has 0 saturated heterocycles. The molecule has 0 radical (unpaired) electrons. The number of hydrogen-bond acceptors (Lipinski definition) is 1. The first-order chi connectivity index (χ1) is 7.30. The average Bonchev–Trinajstić information content (AvgIpc) is 2.15. The van der Waals surface area contributed by atoms with E-state index in [2.05, 4.69) is 4.99 Å². The van der Waals surface area contributed by atoms with Crippen molar-refractivity contribution >= 4 is 36.7 Å². The molecule has 1 aromatic rings. The molecule has 0 spiro atoms. The van der Waals surface area contributed by atoms with E-state index < -0.39 is 23.6 Å². The van der Waals surface area contributed by atoms with Crippen LogP contribution in [0, 0.1) is 0 Å². The molecule has 0 aliphatic carbocycles. The summed E-state index contributed by atoms with van der Waals surface area (Å²) in [6.07, 6.45) is -4.51. The van der Waals surface area contributed by atoms with Crippen LogP contribution in [0.4, 0.5) is 13.2 Å².